The van der Waals surface area contributed by atoms with Gasteiger partial charge in [-0.1, -0.05) is 12.1 Å². The molecule has 0 saturated carbocycles. The molecule has 19 heavy (non-hydrogen) atoms. The molecule has 0 unspecified atom stereocenters. The van der Waals surface area contributed by atoms with Gasteiger partial charge in [-0.3, -0.25) is 0 Å². The van der Waals surface area contributed by atoms with Gasteiger partial charge in [-0.05, 0) is 35.9 Å². The number of hydrogen-bond donors (Lipinski definition) is 3. The van der Waals surface area contributed by atoms with Crippen LogP contribution in [0.1, 0.15) is 5.56 Å². The van der Waals surface area contributed by atoms with Crippen LogP contribution in [-0.4, -0.2) is 15.1 Å². The van der Waals surface area contributed by atoms with Crippen LogP contribution in [0, 0.1) is 0 Å². The summed E-state index contributed by atoms with van der Waals surface area (Å²) in [4.78, 5) is 7.36. The molecule has 4 N–H and O–H groups in total. The van der Waals surface area contributed by atoms with Crippen LogP contribution in [0.25, 0.3) is 11.0 Å². The Labute approximate surface area is 109 Å². The van der Waals surface area contributed by atoms with Crippen LogP contribution < -0.4 is 10.5 Å². The number of ether oxygens (including phenoxy) is 1. The first kappa shape index (κ1) is 11.6. The number of hydrogen-bond acceptors (Lipinski definition) is 4. The summed E-state index contributed by atoms with van der Waals surface area (Å²) in [6.45, 7) is -0.0200. The molecule has 1 aromatic heterocycles. The Kier molecular flexibility index (Phi) is 2.81. The first-order chi connectivity index (χ1) is 9.24. The topological polar surface area (TPSA) is 84.2 Å². The number of nitrogen functional groups attached to an aromatic ring is 1. The van der Waals surface area contributed by atoms with E-state index in [1.165, 1.54) is 0 Å². The van der Waals surface area contributed by atoms with Gasteiger partial charge < -0.3 is 20.6 Å². The summed E-state index contributed by atoms with van der Waals surface area (Å²) in [6, 6.07) is 13.0. The van der Waals surface area contributed by atoms with E-state index < -0.39 is 0 Å². The maximum Gasteiger partial charge on any atom is 0.300 e. The number of anilines is 1. The van der Waals surface area contributed by atoms with Crippen LogP contribution in [-0.2, 0) is 6.61 Å². The number of fused-ring (bicyclic) bond motifs is 1. The van der Waals surface area contributed by atoms with Gasteiger partial charge in [0.2, 0.25) is 0 Å². The van der Waals surface area contributed by atoms with Crippen molar-refractivity contribution >= 4 is 16.7 Å². The second kappa shape index (κ2) is 4.62. The Balaban J connectivity index is 1.92. The molecule has 0 atom stereocenters. The fraction of sp³-hybridized carbons (Fsp3) is 0.0714. The largest absolute Gasteiger partial charge is 0.426 e. The third-order valence-electron chi connectivity index (χ3n) is 2.78. The average Bonchev–Trinajstić information content (AvgIpc) is 2.80. The Bertz CT molecular complexity index is 722. The van der Waals surface area contributed by atoms with Gasteiger partial charge in [0.05, 0.1) is 17.6 Å². The highest BCUT2D eigenvalue weighted by Gasteiger charge is 2.05. The first-order valence-electron chi connectivity index (χ1n) is 5.87. The standard InChI is InChI=1S/C14H13N3O2/c15-10-4-5-12-13(7-10)17-14(16-12)19-11-3-1-2-9(6-11)8-18/h1-7,18H,8,15H2,(H,16,17). The Morgan fingerprint density at radius 3 is 2.95 bits per heavy atom. The number of nitrogens with zero attached hydrogens (tertiary/aromatic N) is 1. The highest BCUT2D eigenvalue weighted by atomic mass is 16.5. The van der Waals surface area contributed by atoms with Crippen LogP contribution in [0.2, 0.25) is 0 Å². The SMILES string of the molecule is Nc1ccc2nc(Oc3cccc(CO)c3)[nH]c2c1. The van der Waals surface area contributed by atoms with Crippen molar-refractivity contribution in [3.05, 3.63) is 48.0 Å². The van der Waals surface area contributed by atoms with Crippen molar-refractivity contribution in [2.24, 2.45) is 0 Å². The van der Waals surface area contributed by atoms with Gasteiger partial charge in [-0.2, -0.15) is 4.98 Å². The van der Waals surface area contributed by atoms with Gasteiger partial charge in [-0.25, -0.2) is 0 Å². The maximum atomic E-state index is 9.08. The quantitative estimate of drug-likeness (QED) is 0.627. The number of nitrogens with one attached hydrogen (secondary N) is 1. The predicted molar refractivity (Wildman–Crippen MR) is 72.9 cm³/mol. The lowest BCUT2D eigenvalue weighted by Gasteiger charge is -2.02. The molecule has 0 fully saturated rings. The van der Waals surface area contributed by atoms with Gasteiger partial charge in [0, 0.05) is 5.69 Å². The zero-order valence-electron chi connectivity index (χ0n) is 10.1. The number of imidazole rings is 1. The van der Waals surface area contributed by atoms with E-state index in [2.05, 4.69) is 9.97 Å². The Hall–Kier alpha value is -2.53. The molecule has 2 aromatic carbocycles. The number of H-pyrrole nitrogens is 1. The molecule has 5 heteroatoms. The van der Waals surface area contributed by atoms with Gasteiger partial charge in [-0.15, -0.1) is 0 Å². The number of nitrogens with two attached hydrogens (primary N) is 1. The molecular weight excluding hydrogens is 242 g/mol. The van der Waals surface area contributed by atoms with E-state index in [-0.39, 0.29) is 6.61 Å². The van der Waals surface area contributed by atoms with Crippen molar-refractivity contribution in [1.29, 1.82) is 0 Å². The van der Waals surface area contributed by atoms with Crippen molar-refractivity contribution < 1.29 is 9.84 Å². The van der Waals surface area contributed by atoms with Gasteiger partial charge >= 0.3 is 0 Å². The molecule has 0 amide bonds. The van der Waals surface area contributed by atoms with Crippen LogP contribution in [0.4, 0.5) is 5.69 Å². The minimum atomic E-state index is -0.0200. The summed E-state index contributed by atoms with van der Waals surface area (Å²) in [5, 5.41) is 9.08. The lowest BCUT2D eigenvalue weighted by Crippen LogP contribution is -1.88. The van der Waals surface area contributed by atoms with E-state index >= 15 is 0 Å². The number of rotatable bonds is 3. The minimum absolute atomic E-state index is 0.0200. The number of aliphatic hydroxyl groups is 1. The molecule has 1 heterocycles. The van der Waals surface area contributed by atoms with Crippen molar-refractivity contribution in [3.63, 3.8) is 0 Å². The summed E-state index contributed by atoms with van der Waals surface area (Å²) >= 11 is 0. The smallest absolute Gasteiger partial charge is 0.300 e. The normalized spacial score (nSPS) is 10.8. The molecule has 0 aliphatic heterocycles. The fourth-order valence-electron chi connectivity index (χ4n) is 1.87. The molecule has 0 aliphatic carbocycles. The third kappa shape index (κ3) is 2.36. The summed E-state index contributed by atoms with van der Waals surface area (Å²) in [5.41, 5.74) is 8.79. The third-order valence-corrected chi connectivity index (χ3v) is 2.78. The lowest BCUT2D eigenvalue weighted by molar-refractivity contribution is 0.281. The van der Waals surface area contributed by atoms with Crippen LogP contribution in [0.3, 0.4) is 0 Å². The molecule has 0 radical (unpaired) electrons. The van der Waals surface area contributed by atoms with Crippen molar-refractivity contribution in [1.82, 2.24) is 9.97 Å². The van der Waals surface area contributed by atoms with E-state index in [9.17, 15) is 0 Å². The molecule has 3 rings (SSSR count). The van der Waals surface area contributed by atoms with Gasteiger partial charge in [0.25, 0.3) is 6.01 Å². The maximum absolute atomic E-state index is 9.08. The first-order valence-corrected chi connectivity index (χ1v) is 5.87. The van der Waals surface area contributed by atoms with Crippen LogP contribution in [0.15, 0.2) is 42.5 Å². The molecule has 0 spiro atoms. The Morgan fingerprint density at radius 2 is 2.11 bits per heavy atom. The number of aromatic nitrogens is 2. The highest BCUT2D eigenvalue weighted by Crippen LogP contribution is 2.23. The molecule has 96 valence electrons. The summed E-state index contributed by atoms with van der Waals surface area (Å²) in [6.07, 6.45) is 0. The molecule has 3 aromatic rings. The predicted octanol–water partition coefficient (Wildman–Crippen LogP) is 2.43. The average molecular weight is 255 g/mol. The monoisotopic (exact) mass is 255 g/mol. The molecule has 0 saturated heterocycles. The van der Waals surface area contributed by atoms with Crippen LogP contribution in [0.5, 0.6) is 11.8 Å². The fourth-order valence-corrected chi connectivity index (χ4v) is 1.87. The van der Waals surface area contributed by atoms with Crippen molar-refractivity contribution in [2.45, 2.75) is 6.61 Å². The number of aromatic amines is 1. The zero-order chi connectivity index (χ0) is 13.2. The van der Waals surface area contributed by atoms with Crippen LogP contribution >= 0.6 is 0 Å². The molecular formula is C14H13N3O2. The Morgan fingerprint density at radius 1 is 1.21 bits per heavy atom. The van der Waals surface area contributed by atoms with Crippen molar-refractivity contribution in [2.75, 3.05) is 5.73 Å². The van der Waals surface area contributed by atoms with E-state index in [1.807, 2.05) is 18.2 Å². The molecule has 0 bridgehead atoms. The number of aliphatic hydroxyl groups excluding tert-OH is 1. The second-order valence-electron chi connectivity index (χ2n) is 4.23. The van der Waals surface area contributed by atoms with E-state index in [0.29, 0.717) is 17.4 Å². The zero-order valence-corrected chi connectivity index (χ0v) is 10.1. The van der Waals surface area contributed by atoms with Gasteiger partial charge in [0.1, 0.15) is 5.75 Å². The summed E-state index contributed by atoms with van der Waals surface area (Å²) < 4.78 is 5.63. The second-order valence-corrected chi connectivity index (χ2v) is 4.23. The summed E-state index contributed by atoms with van der Waals surface area (Å²) in [5.74, 6) is 0.624. The molecule has 0 aliphatic rings. The van der Waals surface area contributed by atoms with Crippen molar-refractivity contribution in [3.8, 4) is 11.8 Å². The molecule has 5 nitrogen and oxygen atoms in total. The van der Waals surface area contributed by atoms with E-state index in [0.717, 1.165) is 16.6 Å². The number of benzene rings is 2. The minimum Gasteiger partial charge on any atom is -0.426 e. The van der Waals surface area contributed by atoms with Gasteiger partial charge in [0.15, 0.2) is 0 Å². The van der Waals surface area contributed by atoms with E-state index in [4.69, 9.17) is 15.6 Å². The highest BCUT2D eigenvalue weighted by molar-refractivity contribution is 5.79. The summed E-state index contributed by atoms with van der Waals surface area (Å²) in [7, 11) is 0. The lowest BCUT2D eigenvalue weighted by atomic mass is 10.2. The van der Waals surface area contributed by atoms with E-state index in [1.54, 1.807) is 24.3 Å².